The number of ether oxygens (including phenoxy) is 2. The minimum Gasteiger partial charge on any atom is -0.508 e. The normalized spacial score (nSPS) is 21.7. The van der Waals surface area contributed by atoms with E-state index in [1.54, 1.807) is 26.0 Å². The fourth-order valence-corrected chi connectivity index (χ4v) is 4.41. The van der Waals surface area contributed by atoms with Gasteiger partial charge < -0.3 is 20.3 Å². The van der Waals surface area contributed by atoms with Crippen LogP contribution in [0.4, 0.5) is 0 Å². The van der Waals surface area contributed by atoms with E-state index in [9.17, 15) is 19.5 Å². The minimum absolute atomic E-state index is 0.0141. The Balaban J connectivity index is 2.30. The van der Waals surface area contributed by atoms with Gasteiger partial charge in [-0.05, 0) is 31.5 Å². The van der Waals surface area contributed by atoms with Crippen LogP contribution < -0.4 is 5.73 Å². The van der Waals surface area contributed by atoms with E-state index in [0.29, 0.717) is 10.6 Å². The van der Waals surface area contributed by atoms with Crippen LogP contribution in [0.2, 0.25) is 0 Å². The van der Waals surface area contributed by atoms with E-state index in [-0.39, 0.29) is 35.2 Å². The van der Waals surface area contributed by atoms with Gasteiger partial charge in [-0.1, -0.05) is 23.9 Å². The van der Waals surface area contributed by atoms with Crippen LogP contribution in [-0.2, 0) is 23.9 Å². The molecule has 3 N–H and O–H groups in total. The first kappa shape index (κ1) is 19.8. The Kier molecular flexibility index (Phi) is 5.37. The Morgan fingerprint density at radius 1 is 1.21 bits per heavy atom. The van der Waals surface area contributed by atoms with Gasteiger partial charge in [0.15, 0.2) is 0 Å². The van der Waals surface area contributed by atoms with Gasteiger partial charge in [0.05, 0.1) is 41.1 Å². The number of carbonyl (C=O) groups is 3. The third kappa shape index (κ3) is 3.11. The lowest BCUT2D eigenvalue weighted by Gasteiger charge is -2.33. The molecule has 1 fully saturated rings. The molecule has 2 aliphatic heterocycles. The largest absolute Gasteiger partial charge is 0.508 e. The van der Waals surface area contributed by atoms with Crippen molar-refractivity contribution in [2.75, 3.05) is 13.7 Å². The van der Waals surface area contributed by atoms with Crippen molar-refractivity contribution in [3.63, 3.8) is 0 Å². The van der Waals surface area contributed by atoms with Gasteiger partial charge in [-0.2, -0.15) is 0 Å². The molecular weight excluding hydrogens is 384 g/mol. The summed E-state index contributed by atoms with van der Waals surface area (Å²) in [4.78, 5) is 39.3. The maximum Gasteiger partial charge on any atom is 0.338 e. The Hall–Kier alpha value is -2.94. The quantitative estimate of drug-likeness (QED) is 0.726. The van der Waals surface area contributed by atoms with Gasteiger partial charge in [0, 0.05) is 0 Å². The molecule has 1 aromatic rings. The van der Waals surface area contributed by atoms with Crippen molar-refractivity contribution in [3.8, 4) is 5.75 Å². The highest BCUT2D eigenvalue weighted by Gasteiger charge is 2.48. The molecule has 0 bridgehead atoms. The third-order valence-electron chi connectivity index (χ3n) is 4.51. The highest BCUT2D eigenvalue weighted by molar-refractivity contribution is 8.04. The smallest absolute Gasteiger partial charge is 0.338 e. The van der Waals surface area contributed by atoms with Gasteiger partial charge in [-0.3, -0.25) is 9.69 Å². The summed E-state index contributed by atoms with van der Waals surface area (Å²) in [5, 5.41) is 9.48. The highest BCUT2D eigenvalue weighted by Crippen LogP contribution is 2.49. The van der Waals surface area contributed by atoms with Crippen molar-refractivity contribution in [3.05, 3.63) is 51.8 Å². The van der Waals surface area contributed by atoms with E-state index >= 15 is 0 Å². The number of phenols is 1. The van der Waals surface area contributed by atoms with Crippen molar-refractivity contribution in [1.82, 2.24) is 4.90 Å². The number of rotatable bonds is 4. The fourth-order valence-electron chi connectivity index (χ4n) is 3.25. The third-order valence-corrected chi connectivity index (χ3v) is 5.69. The number of esters is 2. The van der Waals surface area contributed by atoms with E-state index in [1.807, 2.05) is 0 Å². The summed E-state index contributed by atoms with van der Waals surface area (Å²) in [6, 6.07) is 6.04. The van der Waals surface area contributed by atoms with Gasteiger partial charge in [0.1, 0.15) is 11.6 Å². The molecule has 1 amide bonds. The van der Waals surface area contributed by atoms with Crippen molar-refractivity contribution < 1.29 is 29.0 Å². The zero-order valence-corrected chi connectivity index (χ0v) is 16.4. The molecule has 28 heavy (non-hydrogen) atoms. The number of fused-ring (bicyclic) bond motifs is 1. The monoisotopic (exact) mass is 404 g/mol. The number of thioether (sulfide) groups is 1. The van der Waals surface area contributed by atoms with Crippen LogP contribution in [-0.4, -0.2) is 46.8 Å². The van der Waals surface area contributed by atoms with Gasteiger partial charge in [-0.15, -0.1) is 0 Å². The summed E-state index contributed by atoms with van der Waals surface area (Å²) in [6.45, 7) is 3.44. The summed E-state index contributed by atoms with van der Waals surface area (Å²) < 4.78 is 10.1. The number of nitrogens with two attached hydrogens (primary N) is 1. The van der Waals surface area contributed by atoms with Crippen LogP contribution >= 0.6 is 11.8 Å². The SMILES string of the molecule is CCOC(=O)C1=C(N)N2C(=O)C(C)SC2=C(C(=O)OC)C1c1ccc(O)cc1. The Labute approximate surface area is 166 Å². The lowest BCUT2D eigenvalue weighted by Crippen LogP contribution is -2.40. The number of hydrogen-bond acceptors (Lipinski definition) is 8. The van der Waals surface area contributed by atoms with E-state index in [4.69, 9.17) is 15.2 Å². The molecule has 1 aromatic carbocycles. The first-order chi connectivity index (χ1) is 13.3. The summed E-state index contributed by atoms with van der Waals surface area (Å²) in [5.41, 5.74) is 6.89. The summed E-state index contributed by atoms with van der Waals surface area (Å²) in [7, 11) is 1.23. The molecule has 3 rings (SSSR count). The number of benzene rings is 1. The maximum absolute atomic E-state index is 12.8. The van der Waals surface area contributed by atoms with Crippen LogP contribution in [0.3, 0.4) is 0 Å². The molecular formula is C19H20N2O6S. The molecule has 2 aliphatic rings. The molecule has 0 spiro atoms. The molecule has 0 aromatic heterocycles. The molecule has 1 saturated heterocycles. The molecule has 0 saturated carbocycles. The highest BCUT2D eigenvalue weighted by atomic mass is 32.2. The van der Waals surface area contributed by atoms with E-state index in [0.717, 1.165) is 0 Å². The Bertz CT molecular complexity index is 906. The lowest BCUT2D eigenvalue weighted by molar-refractivity contribution is -0.139. The molecule has 0 aliphatic carbocycles. The van der Waals surface area contributed by atoms with Crippen LogP contribution in [0.15, 0.2) is 46.3 Å². The molecule has 9 heteroatoms. The number of phenolic OH excluding ortho intramolecular Hbond substituents is 1. The minimum atomic E-state index is -0.899. The lowest BCUT2D eigenvalue weighted by atomic mass is 9.82. The molecule has 2 atom stereocenters. The predicted molar refractivity (Wildman–Crippen MR) is 102 cm³/mol. The standard InChI is InChI=1S/C19H20N2O6S/c1-4-27-19(25)13-12(10-5-7-11(22)8-6-10)14(18(24)26-3)17-21(15(13)20)16(23)9(2)28-17/h5-9,12,22H,4,20H2,1-3H3. The summed E-state index contributed by atoms with van der Waals surface area (Å²) in [5.74, 6) is -2.67. The van der Waals surface area contributed by atoms with Crippen LogP contribution in [0.5, 0.6) is 5.75 Å². The number of methoxy groups -OCH3 is 1. The fraction of sp³-hybridized carbons (Fsp3) is 0.316. The van der Waals surface area contributed by atoms with E-state index in [2.05, 4.69) is 0 Å². The van der Waals surface area contributed by atoms with E-state index < -0.39 is 23.1 Å². The van der Waals surface area contributed by atoms with Crippen molar-refractivity contribution in [2.24, 2.45) is 5.73 Å². The second-order valence-corrected chi connectivity index (χ2v) is 7.52. The second kappa shape index (κ2) is 7.59. The Morgan fingerprint density at radius 3 is 2.43 bits per heavy atom. The summed E-state index contributed by atoms with van der Waals surface area (Å²) >= 11 is 1.18. The molecule has 2 unspecified atom stereocenters. The number of nitrogens with zero attached hydrogens (tertiary/aromatic N) is 1. The number of hydrogen-bond donors (Lipinski definition) is 2. The second-order valence-electron chi connectivity index (χ2n) is 6.19. The zero-order chi connectivity index (χ0) is 20.6. The zero-order valence-electron chi connectivity index (χ0n) is 15.6. The van der Waals surface area contributed by atoms with Gasteiger partial charge in [-0.25, -0.2) is 9.59 Å². The van der Waals surface area contributed by atoms with Crippen LogP contribution in [0.1, 0.15) is 25.3 Å². The first-order valence-corrected chi connectivity index (χ1v) is 9.48. The molecule has 0 radical (unpaired) electrons. The average Bonchev–Trinajstić information content (AvgIpc) is 2.96. The number of aromatic hydroxyl groups is 1. The maximum atomic E-state index is 12.8. The topological polar surface area (TPSA) is 119 Å². The number of amides is 1. The molecule has 8 nitrogen and oxygen atoms in total. The average molecular weight is 404 g/mol. The van der Waals surface area contributed by atoms with Gasteiger partial charge >= 0.3 is 11.9 Å². The number of carbonyl (C=O) groups excluding carboxylic acids is 3. The van der Waals surface area contributed by atoms with Gasteiger partial charge in [0.2, 0.25) is 5.91 Å². The van der Waals surface area contributed by atoms with Crippen LogP contribution in [0, 0.1) is 0 Å². The molecule has 148 valence electrons. The Morgan fingerprint density at radius 2 is 1.86 bits per heavy atom. The predicted octanol–water partition coefficient (Wildman–Crippen LogP) is 1.57. The first-order valence-electron chi connectivity index (χ1n) is 8.60. The van der Waals surface area contributed by atoms with Crippen molar-refractivity contribution in [2.45, 2.75) is 25.0 Å². The molecule has 2 heterocycles. The van der Waals surface area contributed by atoms with Crippen molar-refractivity contribution >= 4 is 29.6 Å². The van der Waals surface area contributed by atoms with Crippen molar-refractivity contribution in [1.29, 1.82) is 0 Å². The van der Waals surface area contributed by atoms with Gasteiger partial charge in [0.25, 0.3) is 0 Å². The van der Waals surface area contributed by atoms with Crippen LogP contribution in [0.25, 0.3) is 0 Å². The summed E-state index contributed by atoms with van der Waals surface area (Å²) in [6.07, 6.45) is 0. The van der Waals surface area contributed by atoms with E-state index in [1.165, 1.54) is 35.9 Å².